The van der Waals surface area contributed by atoms with Crippen molar-refractivity contribution in [1.29, 1.82) is 0 Å². The molecule has 1 aromatic heterocycles. The summed E-state index contributed by atoms with van der Waals surface area (Å²) in [5, 5.41) is 15.2. The van der Waals surface area contributed by atoms with E-state index >= 15 is 0 Å². The molecule has 0 bridgehead atoms. The number of aromatic carboxylic acids is 1. The van der Waals surface area contributed by atoms with E-state index < -0.39 is 5.97 Å². The second kappa shape index (κ2) is 8.19. The van der Waals surface area contributed by atoms with Gasteiger partial charge in [0.15, 0.2) is 0 Å². The predicted octanol–water partition coefficient (Wildman–Crippen LogP) is 6.80. The van der Waals surface area contributed by atoms with Crippen LogP contribution in [0.5, 0.6) is 0 Å². The number of aryl methyl sites for hydroxylation is 2. The standard InChI is InChI=1S/C18H16.C10H7NO2/c1-3-7-15-13(5-1)9-11-18-16-8-4-2-6-14(16)10-12-17(15)18;12-10(13)8-3-4-9-7(6-8)2-1-5-11-9/h1,3,5,7,9-12H,2,4,6,8H2;1-6H,(H,12,13). The number of hydrogen-bond donors (Lipinski definition) is 1. The molecule has 0 radical (unpaired) electrons. The van der Waals surface area contributed by atoms with Crippen LogP contribution in [0, 0.1) is 0 Å². The number of carboxylic acids is 1. The first-order valence-corrected chi connectivity index (χ1v) is 10.7. The molecular weight excluding hydrogens is 382 g/mol. The zero-order valence-electron chi connectivity index (χ0n) is 17.2. The lowest BCUT2D eigenvalue weighted by molar-refractivity contribution is 0.0697. The van der Waals surface area contributed by atoms with Gasteiger partial charge in [0.2, 0.25) is 0 Å². The summed E-state index contributed by atoms with van der Waals surface area (Å²) in [5.41, 5.74) is 4.28. The van der Waals surface area contributed by atoms with Crippen molar-refractivity contribution >= 4 is 38.4 Å². The van der Waals surface area contributed by atoms with Gasteiger partial charge in [-0.2, -0.15) is 0 Å². The van der Waals surface area contributed by atoms with Crippen molar-refractivity contribution in [2.75, 3.05) is 0 Å². The SMILES string of the molecule is O=C(O)c1ccc2ncccc2c1.c1ccc2c(c1)ccc1c3c(ccc12)CCCC3. The first-order chi connectivity index (χ1) is 15.2. The van der Waals surface area contributed by atoms with Crippen LogP contribution in [0.15, 0.2) is 85.1 Å². The number of carboxylic acid groups (broad SMARTS) is 1. The fourth-order valence-electron chi connectivity index (χ4n) is 4.55. The molecule has 152 valence electrons. The number of benzene rings is 4. The van der Waals surface area contributed by atoms with Gasteiger partial charge in [-0.15, -0.1) is 0 Å². The summed E-state index contributed by atoms with van der Waals surface area (Å²) in [5.74, 6) is -0.911. The van der Waals surface area contributed by atoms with Crippen molar-refractivity contribution in [3.8, 4) is 0 Å². The van der Waals surface area contributed by atoms with Crippen LogP contribution in [0.2, 0.25) is 0 Å². The number of hydrogen-bond acceptors (Lipinski definition) is 2. The largest absolute Gasteiger partial charge is 0.478 e. The summed E-state index contributed by atoms with van der Waals surface area (Å²) in [6, 6.07) is 26.5. The molecule has 6 rings (SSSR count). The number of nitrogens with zero attached hydrogens (tertiary/aromatic N) is 1. The Balaban J connectivity index is 0.000000140. The quantitative estimate of drug-likeness (QED) is 0.312. The molecule has 0 fully saturated rings. The Hall–Kier alpha value is -3.72. The highest BCUT2D eigenvalue weighted by molar-refractivity contribution is 6.08. The highest BCUT2D eigenvalue weighted by Crippen LogP contribution is 2.33. The van der Waals surface area contributed by atoms with Crippen molar-refractivity contribution in [3.05, 3.63) is 102 Å². The first-order valence-electron chi connectivity index (χ1n) is 10.7. The highest BCUT2D eigenvalue weighted by Gasteiger charge is 2.13. The average molecular weight is 405 g/mol. The molecule has 0 unspecified atom stereocenters. The Morgan fingerprint density at radius 2 is 1.55 bits per heavy atom. The summed E-state index contributed by atoms with van der Waals surface area (Å²) in [4.78, 5) is 14.7. The van der Waals surface area contributed by atoms with E-state index in [9.17, 15) is 4.79 Å². The predicted molar refractivity (Wildman–Crippen MR) is 127 cm³/mol. The van der Waals surface area contributed by atoms with Gasteiger partial charge in [-0.25, -0.2) is 4.79 Å². The molecule has 3 heteroatoms. The first kappa shape index (κ1) is 19.3. The van der Waals surface area contributed by atoms with E-state index in [0.29, 0.717) is 5.56 Å². The Morgan fingerprint density at radius 3 is 2.45 bits per heavy atom. The third kappa shape index (κ3) is 3.75. The molecule has 1 aliphatic carbocycles. The maximum Gasteiger partial charge on any atom is 0.335 e. The molecule has 4 aromatic carbocycles. The maximum atomic E-state index is 10.6. The van der Waals surface area contributed by atoms with Gasteiger partial charge in [0.1, 0.15) is 0 Å². The molecular formula is C28H23NO2. The van der Waals surface area contributed by atoms with E-state index in [1.54, 1.807) is 41.6 Å². The molecule has 0 atom stereocenters. The van der Waals surface area contributed by atoms with Gasteiger partial charge in [0.25, 0.3) is 0 Å². The number of carbonyl (C=O) groups is 1. The van der Waals surface area contributed by atoms with E-state index in [1.165, 1.54) is 47.2 Å². The Bertz CT molecular complexity index is 1420. The van der Waals surface area contributed by atoms with Crippen molar-refractivity contribution in [1.82, 2.24) is 4.98 Å². The van der Waals surface area contributed by atoms with Gasteiger partial charge in [-0.1, -0.05) is 54.6 Å². The van der Waals surface area contributed by atoms with Gasteiger partial charge >= 0.3 is 5.97 Å². The topological polar surface area (TPSA) is 50.2 Å². The van der Waals surface area contributed by atoms with Gasteiger partial charge in [0.05, 0.1) is 11.1 Å². The zero-order chi connectivity index (χ0) is 21.2. The Kier molecular flexibility index (Phi) is 5.09. The fourth-order valence-corrected chi connectivity index (χ4v) is 4.55. The van der Waals surface area contributed by atoms with Crippen molar-refractivity contribution in [2.24, 2.45) is 0 Å². The molecule has 3 nitrogen and oxygen atoms in total. The van der Waals surface area contributed by atoms with Crippen LogP contribution in [0.4, 0.5) is 0 Å². The normalized spacial score (nSPS) is 12.9. The van der Waals surface area contributed by atoms with E-state index in [2.05, 4.69) is 53.5 Å². The van der Waals surface area contributed by atoms with Crippen molar-refractivity contribution < 1.29 is 9.90 Å². The lowest BCUT2D eigenvalue weighted by Gasteiger charge is -2.18. The molecule has 0 spiro atoms. The number of pyridine rings is 1. The zero-order valence-corrected chi connectivity index (χ0v) is 17.2. The molecule has 0 saturated heterocycles. The molecule has 0 aliphatic heterocycles. The molecule has 31 heavy (non-hydrogen) atoms. The monoisotopic (exact) mass is 405 g/mol. The summed E-state index contributed by atoms with van der Waals surface area (Å²) in [7, 11) is 0. The summed E-state index contributed by atoms with van der Waals surface area (Å²) >= 11 is 0. The van der Waals surface area contributed by atoms with E-state index in [1.807, 2.05) is 6.07 Å². The molecule has 0 amide bonds. The van der Waals surface area contributed by atoms with E-state index in [0.717, 1.165) is 10.9 Å². The maximum absolute atomic E-state index is 10.6. The van der Waals surface area contributed by atoms with Crippen LogP contribution in [0.25, 0.3) is 32.4 Å². The van der Waals surface area contributed by atoms with Crippen LogP contribution in [-0.2, 0) is 12.8 Å². The molecule has 0 saturated carbocycles. The average Bonchev–Trinajstić information content (AvgIpc) is 2.83. The van der Waals surface area contributed by atoms with Crippen LogP contribution in [-0.4, -0.2) is 16.1 Å². The molecule has 1 aliphatic rings. The number of fused-ring (bicyclic) bond motifs is 6. The Morgan fingerprint density at radius 1 is 0.742 bits per heavy atom. The van der Waals surface area contributed by atoms with Crippen molar-refractivity contribution in [2.45, 2.75) is 25.7 Å². The second-order valence-electron chi connectivity index (χ2n) is 8.01. The molecule has 1 heterocycles. The summed E-state index contributed by atoms with van der Waals surface area (Å²) in [6.45, 7) is 0. The van der Waals surface area contributed by atoms with E-state index in [-0.39, 0.29) is 0 Å². The minimum absolute atomic E-state index is 0.292. The van der Waals surface area contributed by atoms with Gasteiger partial charge in [-0.3, -0.25) is 4.98 Å². The third-order valence-corrected chi connectivity index (χ3v) is 6.11. The summed E-state index contributed by atoms with van der Waals surface area (Å²) < 4.78 is 0. The van der Waals surface area contributed by atoms with Crippen LogP contribution in [0.1, 0.15) is 34.3 Å². The molecule has 5 aromatic rings. The second-order valence-corrected chi connectivity index (χ2v) is 8.01. The van der Waals surface area contributed by atoms with Crippen LogP contribution >= 0.6 is 0 Å². The van der Waals surface area contributed by atoms with E-state index in [4.69, 9.17) is 5.11 Å². The van der Waals surface area contributed by atoms with Gasteiger partial charge in [-0.05, 0) is 82.6 Å². The van der Waals surface area contributed by atoms with Gasteiger partial charge < -0.3 is 5.11 Å². The Labute approximate surface area is 181 Å². The fraction of sp³-hybridized carbons (Fsp3) is 0.143. The van der Waals surface area contributed by atoms with Crippen molar-refractivity contribution in [3.63, 3.8) is 0 Å². The minimum atomic E-state index is -0.911. The minimum Gasteiger partial charge on any atom is -0.478 e. The number of rotatable bonds is 1. The lowest BCUT2D eigenvalue weighted by atomic mass is 9.86. The number of aromatic nitrogens is 1. The third-order valence-electron chi connectivity index (χ3n) is 6.11. The van der Waals surface area contributed by atoms with Crippen LogP contribution in [0.3, 0.4) is 0 Å². The highest BCUT2D eigenvalue weighted by atomic mass is 16.4. The molecule has 1 N–H and O–H groups in total. The lowest BCUT2D eigenvalue weighted by Crippen LogP contribution is -2.02. The smallest absolute Gasteiger partial charge is 0.335 e. The van der Waals surface area contributed by atoms with Crippen LogP contribution < -0.4 is 0 Å². The summed E-state index contributed by atoms with van der Waals surface area (Å²) in [6.07, 6.45) is 6.90. The van der Waals surface area contributed by atoms with Gasteiger partial charge in [0, 0.05) is 11.6 Å².